The number of nitrogens with one attached hydrogen (secondary N) is 1. The molecule has 2 aromatic carbocycles. The largest absolute Gasteiger partial charge is 0.325 e. The van der Waals surface area contributed by atoms with Gasteiger partial charge >= 0.3 is 0 Å². The Labute approximate surface area is 203 Å². The van der Waals surface area contributed by atoms with Gasteiger partial charge in [-0.3, -0.25) is 24.2 Å². The molecule has 33 heavy (non-hydrogen) atoms. The molecular weight excluding hydrogens is 454 g/mol. The average Bonchev–Trinajstić information content (AvgIpc) is 3.24. The minimum absolute atomic E-state index is 0.147. The van der Waals surface area contributed by atoms with Crippen LogP contribution in [0.5, 0.6) is 0 Å². The number of thiocarbonyl (C=S) groups is 1. The van der Waals surface area contributed by atoms with Gasteiger partial charge in [0.05, 0.1) is 16.2 Å². The minimum Gasteiger partial charge on any atom is -0.325 e. The van der Waals surface area contributed by atoms with Gasteiger partial charge in [0, 0.05) is 17.8 Å². The van der Waals surface area contributed by atoms with E-state index in [2.05, 4.69) is 12.2 Å². The lowest BCUT2D eigenvalue weighted by molar-refractivity contribution is -0.122. The van der Waals surface area contributed by atoms with Crippen molar-refractivity contribution in [3.8, 4) is 0 Å². The van der Waals surface area contributed by atoms with Gasteiger partial charge in [0.15, 0.2) is 0 Å². The lowest BCUT2D eigenvalue weighted by atomic mass is 10.1. The van der Waals surface area contributed by atoms with E-state index in [0.29, 0.717) is 38.3 Å². The number of hydrogen-bond acceptors (Lipinski definition) is 5. The molecule has 1 N–H and O–H groups in total. The zero-order chi connectivity index (χ0) is 23.4. The second-order valence-electron chi connectivity index (χ2n) is 7.91. The first-order valence-corrected chi connectivity index (χ1v) is 12.3. The molecule has 0 bridgehead atoms. The lowest BCUT2D eigenvalue weighted by Gasteiger charge is -2.16. The molecule has 0 aromatic heterocycles. The Hall–Kier alpha value is -2.97. The van der Waals surface area contributed by atoms with Crippen LogP contribution in [-0.4, -0.2) is 40.0 Å². The summed E-state index contributed by atoms with van der Waals surface area (Å²) < 4.78 is 0.476. The van der Waals surface area contributed by atoms with Crippen molar-refractivity contribution < 1.29 is 14.4 Å². The number of anilines is 2. The Morgan fingerprint density at radius 1 is 0.939 bits per heavy atom. The maximum absolute atomic E-state index is 13.5. The first kappa shape index (κ1) is 23.2. The number of amides is 3. The van der Waals surface area contributed by atoms with E-state index in [-0.39, 0.29) is 24.3 Å². The molecule has 1 saturated heterocycles. The summed E-state index contributed by atoms with van der Waals surface area (Å²) in [5.41, 5.74) is 2.26. The summed E-state index contributed by atoms with van der Waals surface area (Å²) in [5.74, 6) is -0.893. The molecule has 2 aliphatic rings. The average molecular weight is 480 g/mol. The number of carbonyl (C=O) groups is 3. The topological polar surface area (TPSA) is 69.7 Å². The molecule has 0 radical (unpaired) electrons. The van der Waals surface area contributed by atoms with Gasteiger partial charge in [-0.2, -0.15) is 0 Å². The van der Waals surface area contributed by atoms with E-state index in [1.54, 1.807) is 23.1 Å². The van der Waals surface area contributed by atoms with Gasteiger partial charge in [-0.1, -0.05) is 86.6 Å². The molecule has 4 rings (SSSR count). The van der Waals surface area contributed by atoms with Crippen LogP contribution in [-0.2, 0) is 14.4 Å². The number of thioether (sulfide) groups is 1. The molecule has 2 aromatic rings. The van der Waals surface area contributed by atoms with E-state index >= 15 is 0 Å². The summed E-state index contributed by atoms with van der Waals surface area (Å²) >= 11 is 6.64. The molecule has 1 fully saturated rings. The fourth-order valence-electron chi connectivity index (χ4n) is 3.96. The van der Waals surface area contributed by atoms with Crippen LogP contribution in [0.15, 0.2) is 59.5 Å². The van der Waals surface area contributed by atoms with Crippen molar-refractivity contribution in [3.63, 3.8) is 0 Å². The molecule has 0 unspecified atom stereocenters. The lowest BCUT2D eigenvalue weighted by Crippen LogP contribution is -2.35. The Kier molecular flexibility index (Phi) is 7.25. The van der Waals surface area contributed by atoms with Crippen molar-refractivity contribution in [2.75, 3.05) is 23.3 Å². The zero-order valence-corrected chi connectivity index (χ0v) is 20.0. The van der Waals surface area contributed by atoms with Gasteiger partial charge in [-0.15, -0.1) is 0 Å². The molecule has 3 amide bonds. The standard InChI is InChI=1S/C25H25N3O3S2/c1-2-3-4-10-15-27-24(31)22(33-25(27)32)21-18-13-8-9-14-19(18)28(23(21)30)16-20(29)26-17-11-6-5-7-12-17/h5-9,11-14H,2-4,10,15-16H2,1H3,(H,26,29)/b22-21-. The van der Waals surface area contributed by atoms with E-state index in [1.165, 1.54) is 16.7 Å². The molecular formula is C25H25N3O3S2. The third-order valence-corrected chi connectivity index (χ3v) is 7.04. The third-order valence-electron chi connectivity index (χ3n) is 5.59. The second-order valence-corrected chi connectivity index (χ2v) is 9.56. The van der Waals surface area contributed by atoms with Gasteiger partial charge in [-0.25, -0.2) is 0 Å². The van der Waals surface area contributed by atoms with Gasteiger partial charge in [0.1, 0.15) is 10.9 Å². The van der Waals surface area contributed by atoms with Crippen LogP contribution >= 0.6 is 24.0 Å². The van der Waals surface area contributed by atoms with Crippen LogP contribution < -0.4 is 10.2 Å². The number of fused-ring (bicyclic) bond motifs is 1. The molecule has 2 heterocycles. The predicted molar refractivity (Wildman–Crippen MR) is 137 cm³/mol. The summed E-state index contributed by atoms with van der Waals surface area (Å²) in [4.78, 5) is 42.7. The monoisotopic (exact) mass is 479 g/mol. The molecule has 0 atom stereocenters. The number of hydrogen-bond donors (Lipinski definition) is 1. The second kappa shape index (κ2) is 10.3. The van der Waals surface area contributed by atoms with Crippen molar-refractivity contribution >= 4 is 63.0 Å². The van der Waals surface area contributed by atoms with Crippen molar-refractivity contribution in [3.05, 3.63) is 65.1 Å². The molecule has 8 heteroatoms. The summed E-state index contributed by atoms with van der Waals surface area (Å²) in [7, 11) is 0. The van der Waals surface area contributed by atoms with Crippen molar-refractivity contribution in [1.29, 1.82) is 0 Å². The fourth-order valence-corrected chi connectivity index (χ4v) is 5.34. The van der Waals surface area contributed by atoms with Crippen molar-refractivity contribution in [1.82, 2.24) is 4.90 Å². The Morgan fingerprint density at radius 3 is 2.42 bits per heavy atom. The Balaban J connectivity index is 1.58. The molecule has 0 aliphatic carbocycles. The van der Waals surface area contributed by atoms with Crippen molar-refractivity contribution in [2.45, 2.75) is 32.6 Å². The molecule has 170 valence electrons. The number of para-hydroxylation sites is 2. The highest BCUT2D eigenvalue weighted by Crippen LogP contribution is 2.44. The van der Waals surface area contributed by atoms with Crippen molar-refractivity contribution in [2.24, 2.45) is 0 Å². The van der Waals surface area contributed by atoms with E-state index in [1.807, 2.05) is 36.4 Å². The van der Waals surface area contributed by atoms with E-state index in [9.17, 15) is 14.4 Å². The number of unbranched alkanes of at least 4 members (excludes halogenated alkanes) is 3. The van der Waals surface area contributed by atoms with E-state index in [4.69, 9.17) is 12.2 Å². The Bertz CT molecular complexity index is 1130. The van der Waals surface area contributed by atoms with Gasteiger partial charge in [0.25, 0.3) is 11.8 Å². The maximum Gasteiger partial charge on any atom is 0.267 e. The highest BCUT2D eigenvalue weighted by Gasteiger charge is 2.42. The summed E-state index contributed by atoms with van der Waals surface area (Å²) in [6.07, 6.45) is 4.13. The smallest absolute Gasteiger partial charge is 0.267 e. The molecule has 6 nitrogen and oxygen atoms in total. The summed E-state index contributed by atoms with van der Waals surface area (Å²) in [6.45, 7) is 2.55. The highest BCUT2D eigenvalue weighted by atomic mass is 32.2. The Morgan fingerprint density at radius 2 is 1.67 bits per heavy atom. The van der Waals surface area contributed by atoms with Crippen LogP contribution in [0.25, 0.3) is 5.57 Å². The van der Waals surface area contributed by atoms with Gasteiger partial charge < -0.3 is 5.32 Å². The molecule has 2 aliphatic heterocycles. The van der Waals surface area contributed by atoms with E-state index in [0.717, 1.165) is 25.7 Å². The van der Waals surface area contributed by atoms with Crippen LogP contribution in [0.4, 0.5) is 11.4 Å². The highest BCUT2D eigenvalue weighted by molar-refractivity contribution is 8.26. The van der Waals surface area contributed by atoms with Gasteiger partial charge in [0.2, 0.25) is 5.91 Å². The zero-order valence-electron chi connectivity index (χ0n) is 18.4. The maximum atomic E-state index is 13.5. The number of rotatable bonds is 8. The van der Waals surface area contributed by atoms with Crippen LogP contribution in [0.3, 0.4) is 0 Å². The first-order chi connectivity index (χ1) is 16.0. The van der Waals surface area contributed by atoms with Gasteiger partial charge in [-0.05, 0) is 24.6 Å². The van der Waals surface area contributed by atoms with Crippen LogP contribution in [0.2, 0.25) is 0 Å². The number of carbonyl (C=O) groups excluding carboxylic acids is 3. The van der Waals surface area contributed by atoms with Crippen LogP contribution in [0, 0.1) is 0 Å². The first-order valence-electron chi connectivity index (χ1n) is 11.1. The number of benzene rings is 2. The SMILES string of the molecule is CCCCCCN1C(=O)/C(=C2/C(=O)N(CC(=O)Nc3ccccc3)c3ccccc32)SC1=S. The molecule has 0 saturated carbocycles. The molecule has 0 spiro atoms. The van der Waals surface area contributed by atoms with E-state index < -0.39 is 0 Å². The fraction of sp³-hybridized carbons (Fsp3) is 0.280. The predicted octanol–water partition coefficient (Wildman–Crippen LogP) is 4.82. The normalized spacial score (nSPS) is 17.7. The minimum atomic E-state index is -0.356. The van der Waals surface area contributed by atoms with Crippen LogP contribution in [0.1, 0.15) is 38.2 Å². The number of nitrogens with zero attached hydrogens (tertiary/aromatic N) is 2. The summed E-state index contributed by atoms with van der Waals surface area (Å²) in [5, 5.41) is 2.81. The summed E-state index contributed by atoms with van der Waals surface area (Å²) in [6, 6.07) is 16.3. The quantitative estimate of drug-likeness (QED) is 0.334. The third kappa shape index (κ3) is 4.86.